The van der Waals surface area contributed by atoms with Crippen LogP contribution in [0.4, 0.5) is 0 Å². The van der Waals surface area contributed by atoms with Crippen molar-refractivity contribution >= 4 is 0 Å². The number of aromatic nitrogens is 1. The van der Waals surface area contributed by atoms with E-state index in [-0.39, 0.29) is 0 Å². The molecule has 0 spiro atoms. The molecule has 0 saturated carbocycles. The predicted molar refractivity (Wildman–Crippen MR) is 54.2 cm³/mol. The van der Waals surface area contributed by atoms with Crippen molar-refractivity contribution < 1.29 is 9.84 Å². The van der Waals surface area contributed by atoms with Crippen molar-refractivity contribution in [2.45, 2.75) is 19.4 Å². The van der Waals surface area contributed by atoms with E-state index in [1.807, 2.05) is 13.0 Å². The Morgan fingerprint density at radius 3 is 2.86 bits per heavy atom. The van der Waals surface area contributed by atoms with Gasteiger partial charge in [-0.25, -0.2) is 4.98 Å². The van der Waals surface area contributed by atoms with E-state index in [2.05, 4.69) is 4.98 Å². The summed E-state index contributed by atoms with van der Waals surface area (Å²) in [6.07, 6.45) is 0.0164. The third-order valence-corrected chi connectivity index (χ3v) is 1.99. The maximum absolute atomic E-state index is 9.70. The maximum atomic E-state index is 9.70. The third-order valence-electron chi connectivity index (χ3n) is 1.99. The number of hydrogen-bond donors (Lipinski definition) is 2. The zero-order valence-corrected chi connectivity index (χ0v) is 8.53. The molecule has 4 nitrogen and oxygen atoms in total. The molecule has 0 radical (unpaired) electrons. The van der Waals surface area contributed by atoms with Crippen molar-refractivity contribution in [2.75, 3.05) is 13.7 Å². The molecule has 78 valence electrons. The molecule has 1 atom stereocenters. The quantitative estimate of drug-likeness (QED) is 0.746. The van der Waals surface area contributed by atoms with E-state index in [1.165, 1.54) is 0 Å². The van der Waals surface area contributed by atoms with Gasteiger partial charge in [0, 0.05) is 11.8 Å². The standard InChI is InChI=1S/C10H16N2O2/c1-7-5-8(9(13)3-4-11)6-10(12-7)14-2/h5-6,9,13H,3-4,11H2,1-2H3. The molecule has 1 unspecified atom stereocenters. The smallest absolute Gasteiger partial charge is 0.213 e. The van der Waals surface area contributed by atoms with Gasteiger partial charge in [-0.1, -0.05) is 0 Å². The molecule has 0 aliphatic heterocycles. The van der Waals surface area contributed by atoms with Crippen LogP contribution < -0.4 is 10.5 Å². The summed E-state index contributed by atoms with van der Waals surface area (Å²) in [6, 6.07) is 3.57. The van der Waals surface area contributed by atoms with E-state index < -0.39 is 6.10 Å². The Hall–Kier alpha value is -1.13. The van der Waals surface area contributed by atoms with E-state index in [0.29, 0.717) is 18.8 Å². The van der Waals surface area contributed by atoms with Crippen LogP contribution in [-0.2, 0) is 0 Å². The largest absolute Gasteiger partial charge is 0.481 e. The third kappa shape index (κ3) is 2.68. The number of aryl methyl sites for hydroxylation is 1. The van der Waals surface area contributed by atoms with Gasteiger partial charge in [-0.3, -0.25) is 0 Å². The van der Waals surface area contributed by atoms with E-state index in [0.717, 1.165) is 11.3 Å². The van der Waals surface area contributed by atoms with Gasteiger partial charge < -0.3 is 15.6 Å². The van der Waals surface area contributed by atoms with Crippen LogP contribution in [-0.4, -0.2) is 23.7 Å². The molecular formula is C10H16N2O2. The summed E-state index contributed by atoms with van der Waals surface area (Å²) in [7, 11) is 1.56. The second-order valence-electron chi connectivity index (χ2n) is 3.18. The maximum Gasteiger partial charge on any atom is 0.213 e. The van der Waals surface area contributed by atoms with Crippen LogP contribution in [0.25, 0.3) is 0 Å². The van der Waals surface area contributed by atoms with Crippen LogP contribution in [0, 0.1) is 6.92 Å². The van der Waals surface area contributed by atoms with Gasteiger partial charge in [-0.05, 0) is 31.5 Å². The van der Waals surface area contributed by atoms with Crippen LogP contribution in [0.5, 0.6) is 5.88 Å². The number of aliphatic hydroxyl groups excluding tert-OH is 1. The zero-order valence-electron chi connectivity index (χ0n) is 8.53. The van der Waals surface area contributed by atoms with Gasteiger partial charge >= 0.3 is 0 Å². The molecule has 14 heavy (non-hydrogen) atoms. The van der Waals surface area contributed by atoms with Crippen molar-refractivity contribution in [2.24, 2.45) is 5.73 Å². The minimum absolute atomic E-state index is 0.463. The number of rotatable bonds is 4. The summed E-state index contributed by atoms with van der Waals surface area (Å²) in [5, 5.41) is 9.70. The fourth-order valence-corrected chi connectivity index (χ4v) is 1.29. The summed E-state index contributed by atoms with van der Waals surface area (Å²) in [6.45, 7) is 2.33. The van der Waals surface area contributed by atoms with Crippen LogP contribution in [0.3, 0.4) is 0 Å². The van der Waals surface area contributed by atoms with Gasteiger partial charge in [0.25, 0.3) is 0 Å². The second kappa shape index (κ2) is 4.93. The molecule has 0 aromatic carbocycles. The fourth-order valence-electron chi connectivity index (χ4n) is 1.29. The molecule has 0 fully saturated rings. The molecule has 1 aromatic heterocycles. The Kier molecular flexibility index (Phi) is 3.85. The predicted octanol–water partition coefficient (Wildman–Crippen LogP) is 0.781. The minimum atomic E-state index is -0.532. The van der Waals surface area contributed by atoms with Gasteiger partial charge in [-0.15, -0.1) is 0 Å². The van der Waals surface area contributed by atoms with E-state index in [4.69, 9.17) is 10.5 Å². The Morgan fingerprint density at radius 1 is 1.57 bits per heavy atom. The van der Waals surface area contributed by atoms with E-state index >= 15 is 0 Å². The molecule has 1 aromatic rings. The van der Waals surface area contributed by atoms with E-state index in [9.17, 15) is 5.11 Å². The number of nitrogens with zero attached hydrogens (tertiary/aromatic N) is 1. The highest BCUT2D eigenvalue weighted by molar-refractivity contribution is 5.26. The topological polar surface area (TPSA) is 68.4 Å². The highest BCUT2D eigenvalue weighted by atomic mass is 16.5. The van der Waals surface area contributed by atoms with Crippen LogP contribution >= 0.6 is 0 Å². The molecule has 0 saturated heterocycles. The van der Waals surface area contributed by atoms with Crippen molar-refractivity contribution in [1.82, 2.24) is 4.98 Å². The van der Waals surface area contributed by atoms with Crippen LogP contribution in [0.2, 0.25) is 0 Å². The summed E-state index contributed by atoms with van der Waals surface area (Å²) in [5.41, 5.74) is 7.00. The number of hydrogen-bond acceptors (Lipinski definition) is 4. The highest BCUT2D eigenvalue weighted by Gasteiger charge is 2.08. The lowest BCUT2D eigenvalue weighted by Crippen LogP contribution is -2.07. The normalized spacial score (nSPS) is 12.6. The number of pyridine rings is 1. The molecule has 3 N–H and O–H groups in total. The number of methoxy groups -OCH3 is 1. The van der Waals surface area contributed by atoms with Gasteiger partial charge in [0.05, 0.1) is 13.2 Å². The first-order valence-electron chi connectivity index (χ1n) is 4.58. The van der Waals surface area contributed by atoms with E-state index in [1.54, 1.807) is 13.2 Å². The molecular weight excluding hydrogens is 180 g/mol. The molecule has 1 heterocycles. The summed E-state index contributed by atoms with van der Waals surface area (Å²) in [4.78, 5) is 4.13. The Morgan fingerprint density at radius 2 is 2.29 bits per heavy atom. The monoisotopic (exact) mass is 196 g/mol. The second-order valence-corrected chi connectivity index (χ2v) is 3.18. The van der Waals surface area contributed by atoms with Gasteiger partial charge in [0.2, 0.25) is 5.88 Å². The number of aliphatic hydroxyl groups is 1. The first-order valence-corrected chi connectivity index (χ1v) is 4.58. The van der Waals surface area contributed by atoms with Crippen molar-refractivity contribution in [3.05, 3.63) is 23.4 Å². The SMILES string of the molecule is COc1cc(C(O)CCN)cc(C)n1. The molecule has 0 aliphatic rings. The average molecular weight is 196 g/mol. The van der Waals surface area contributed by atoms with Crippen molar-refractivity contribution in [1.29, 1.82) is 0 Å². The lowest BCUT2D eigenvalue weighted by Gasteiger charge is -2.11. The van der Waals surface area contributed by atoms with Crippen molar-refractivity contribution in [3.63, 3.8) is 0 Å². The first kappa shape index (κ1) is 10.9. The summed E-state index contributed by atoms with van der Waals surface area (Å²) in [5.74, 6) is 0.524. The average Bonchev–Trinajstić information content (AvgIpc) is 2.17. The van der Waals surface area contributed by atoms with Crippen LogP contribution in [0.15, 0.2) is 12.1 Å². The number of nitrogens with two attached hydrogens (primary N) is 1. The van der Waals surface area contributed by atoms with Crippen molar-refractivity contribution in [3.8, 4) is 5.88 Å². The molecule has 4 heteroatoms. The van der Waals surface area contributed by atoms with Crippen LogP contribution in [0.1, 0.15) is 23.8 Å². The summed E-state index contributed by atoms with van der Waals surface area (Å²) < 4.78 is 5.01. The summed E-state index contributed by atoms with van der Waals surface area (Å²) >= 11 is 0. The Labute approximate surface area is 83.7 Å². The molecule has 1 rings (SSSR count). The lowest BCUT2D eigenvalue weighted by molar-refractivity contribution is 0.169. The van der Waals surface area contributed by atoms with Gasteiger partial charge in [-0.2, -0.15) is 0 Å². The molecule has 0 aliphatic carbocycles. The number of ether oxygens (including phenoxy) is 1. The highest BCUT2D eigenvalue weighted by Crippen LogP contribution is 2.20. The first-order chi connectivity index (χ1) is 6.67. The van der Waals surface area contributed by atoms with Gasteiger partial charge in [0.1, 0.15) is 0 Å². The Bertz CT molecular complexity index is 302. The Balaban J connectivity index is 2.90. The lowest BCUT2D eigenvalue weighted by atomic mass is 10.1. The minimum Gasteiger partial charge on any atom is -0.481 e. The fraction of sp³-hybridized carbons (Fsp3) is 0.500. The molecule has 0 bridgehead atoms. The van der Waals surface area contributed by atoms with Gasteiger partial charge in [0.15, 0.2) is 0 Å². The zero-order chi connectivity index (χ0) is 10.6. The molecule has 0 amide bonds.